The molecule has 1 aromatic heterocycles. The maximum Gasteiger partial charge on any atom is 0.130 e. The molecule has 4 unspecified atom stereocenters. The van der Waals surface area contributed by atoms with Crippen LogP contribution in [0.25, 0.3) is 33.8 Å². The maximum absolute atomic E-state index is 6.80. The van der Waals surface area contributed by atoms with Crippen molar-refractivity contribution in [3.63, 3.8) is 0 Å². The van der Waals surface area contributed by atoms with Crippen LogP contribution in [0.3, 0.4) is 0 Å². The van der Waals surface area contributed by atoms with Crippen molar-refractivity contribution in [3.8, 4) is 16.9 Å². The van der Waals surface area contributed by atoms with Gasteiger partial charge in [0, 0.05) is 28.3 Å². The standard InChI is InChI=1S/C45H38N4O/c1-4-13-29(14-5-1)32-23-26-39-37(27-32)34-19-10-11-21-38(34)49(39)33-24-25-35-41(28-33)50-40-22-12-20-36(42(35)40)45-47-43(30-15-6-2-7-16-30)46-44(48-45)31-17-8-3-9-18-31/h1-9,11-18,20-28,35,41,43-48H,10,19H2. The lowest BCUT2D eigenvalue weighted by molar-refractivity contribution is 0.202. The van der Waals surface area contributed by atoms with Crippen molar-refractivity contribution in [2.75, 3.05) is 0 Å². The van der Waals surface area contributed by atoms with Crippen LogP contribution >= 0.6 is 0 Å². The summed E-state index contributed by atoms with van der Waals surface area (Å²) in [6, 6.07) is 45.4. The van der Waals surface area contributed by atoms with E-state index in [9.17, 15) is 0 Å². The average Bonchev–Trinajstić information content (AvgIpc) is 3.74. The van der Waals surface area contributed by atoms with Crippen LogP contribution in [0.4, 0.5) is 0 Å². The number of nitrogens with one attached hydrogen (secondary N) is 3. The first-order valence-corrected chi connectivity index (χ1v) is 17.8. The quantitative estimate of drug-likeness (QED) is 0.174. The molecule has 3 N–H and O–H groups in total. The van der Waals surface area contributed by atoms with Gasteiger partial charge in [0.25, 0.3) is 0 Å². The fourth-order valence-corrected chi connectivity index (χ4v) is 8.40. The molecule has 1 saturated heterocycles. The topological polar surface area (TPSA) is 50.2 Å². The first kappa shape index (κ1) is 29.5. The zero-order valence-corrected chi connectivity index (χ0v) is 27.7. The second kappa shape index (κ2) is 12.1. The molecule has 0 radical (unpaired) electrons. The summed E-state index contributed by atoms with van der Waals surface area (Å²) in [6.45, 7) is 0. The zero-order valence-electron chi connectivity index (χ0n) is 27.7. The van der Waals surface area contributed by atoms with Crippen LogP contribution in [0.2, 0.25) is 0 Å². The van der Waals surface area contributed by atoms with Crippen LogP contribution in [0.1, 0.15) is 64.3 Å². The predicted octanol–water partition coefficient (Wildman–Crippen LogP) is 9.40. The number of aromatic nitrogens is 1. The van der Waals surface area contributed by atoms with E-state index >= 15 is 0 Å². The minimum absolute atomic E-state index is 0.0290. The van der Waals surface area contributed by atoms with Gasteiger partial charge in [-0.3, -0.25) is 16.0 Å². The fraction of sp³-hybridized carbons (Fsp3) is 0.156. The summed E-state index contributed by atoms with van der Waals surface area (Å²) in [6.07, 6.45) is 13.5. The van der Waals surface area contributed by atoms with Gasteiger partial charge in [0.15, 0.2) is 0 Å². The lowest BCUT2D eigenvalue weighted by Crippen LogP contribution is -2.54. The van der Waals surface area contributed by atoms with Crippen molar-refractivity contribution in [1.29, 1.82) is 0 Å². The van der Waals surface area contributed by atoms with Gasteiger partial charge >= 0.3 is 0 Å². The highest BCUT2D eigenvalue weighted by Crippen LogP contribution is 2.47. The normalized spacial score (nSPS) is 23.5. The monoisotopic (exact) mass is 650 g/mol. The van der Waals surface area contributed by atoms with Crippen molar-refractivity contribution in [2.45, 2.75) is 43.4 Å². The zero-order chi connectivity index (χ0) is 33.0. The Morgan fingerprint density at radius 1 is 0.640 bits per heavy atom. The van der Waals surface area contributed by atoms with Crippen molar-refractivity contribution in [1.82, 2.24) is 20.5 Å². The van der Waals surface area contributed by atoms with E-state index in [2.05, 4.69) is 178 Å². The summed E-state index contributed by atoms with van der Waals surface area (Å²) in [4.78, 5) is 0. The van der Waals surface area contributed by atoms with Gasteiger partial charge in [-0.05, 0) is 82.6 Å². The van der Waals surface area contributed by atoms with Gasteiger partial charge in [-0.1, -0.05) is 121 Å². The Morgan fingerprint density at radius 3 is 2.08 bits per heavy atom. The molecule has 4 aliphatic rings. The number of aryl methyl sites for hydroxylation is 1. The van der Waals surface area contributed by atoms with Crippen LogP contribution in [-0.4, -0.2) is 10.7 Å². The Labute approximate surface area is 292 Å². The molecule has 5 heteroatoms. The Bertz CT molecular complexity index is 2260. The fourth-order valence-electron chi connectivity index (χ4n) is 8.40. The van der Waals surface area contributed by atoms with E-state index in [1.807, 2.05) is 0 Å². The van der Waals surface area contributed by atoms with Crippen LogP contribution in [0.15, 0.2) is 152 Å². The summed E-state index contributed by atoms with van der Waals surface area (Å²) in [5, 5.41) is 12.9. The number of benzene rings is 5. The average molecular weight is 651 g/mol. The first-order valence-electron chi connectivity index (χ1n) is 17.8. The second-order valence-electron chi connectivity index (χ2n) is 13.7. The van der Waals surface area contributed by atoms with Crippen molar-refractivity contribution in [3.05, 3.63) is 185 Å². The number of ether oxygens (including phenoxy) is 1. The van der Waals surface area contributed by atoms with E-state index in [0.29, 0.717) is 0 Å². The third-order valence-electron chi connectivity index (χ3n) is 10.8. The van der Waals surface area contributed by atoms with Gasteiger partial charge in [0.05, 0.1) is 24.0 Å². The molecule has 6 aromatic rings. The number of fused-ring (bicyclic) bond motifs is 6. The number of nitrogens with zero attached hydrogens (tertiary/aromatic N) is 1. The smallest absolute Gasteiger partial charge is 0.130 e. The molecule has 50 heavy (non-hydrogen) atoms. The number of rotatable bonds is 5. The Kier molecular flexibility index (Phi) is 7.16. The summed E-state index contributed by atoms with van der Waals surface area (Å²) in [5.41, 5.74) is 12.5. The Morgan fingerprint density at radius 2 is 1.34 bits per heavy atom. The first-order chi connectivity index (χ1) is 24.8. The number of hydrogen-bond donors (Lipinski definition) is 3. The van der Waals surface area contributed by atoms with Gasteiger partial charge < -0.3 is 9.30 Å². The molecule has 2 aliphatic carbocycles. The van der Waals surface area contributed by atoms with Crippen molar-refractivity contribution >= 4 is 22.7 Å². The van der Waals surface area contributed by atoms with E-state index in [0.717, 1.165) is 24.3 Å². The SMILES string of the molecule is C1=Cc2c(c3cc(-c4ccccc4)ccc3n2C2=CC3Oc4cccc(C5NC(c6ccccc6)NC(c6ccccc6)N5)c4C3C=C2)CC1. The molecule has 2 aliphatic heterocycles. The van der Waals surface area contributed by atoms with E-state index in [-0.39, 0.29) is 30.5 Å². The molecular weight excluding hydrogens is 613 g/mol. The van der Waals surface area contributed by atoms with Crippen LogP contribution in [-0.2, 0) is 6.42 Å². The number of hydrogen-bond acceptors (Lipinski definition) is 4. The third kappa shape index (κ3) is 4.97. The Balaban J connectivity index is 1.01. The van der Waals surface area contributed by atoms with Crippen molar-refractivity contribution < 1.29 is 4.74 Å². The molecule has 5 nitrogen and oxygen atoms in total. The predicted molar refractivity (Wildman–Crippen MR) is 202 cm³/mol. The van der Waals surface area contributed by atoms with Gasteiger partial charge in [-0.15, -0.1) is 0 Å². The van der Waals surface area contributed by atoms with E-state index < -0.39 is 0 Å². The molecule has 10 rings (SSSR count). The molecule has 0 amide bonds. The highest BCUT2D eigenvalue weighted by molar-refractivity contribution is 5.95. The summed E-state index contributed by atoms with van der Waals surface area (Å²) in [7, 11) is 0. The summed E-state index contributed by atoms with van der Waals surface area (Å²) in [5.74, 6) is 1.08. The van der Waals surface area contributed by atoms with Gasteiger partial charge in [0.1, 0.15) is 11.9 Å². The van der Waals surface area contributed by atoms with Gasteiger partial charge in [-0.25, -0.2) is 0 Å². The molecule has 0 spiro atoms. The third-order valence-corrected chi connectivity index (χ3v) is 10.8. The van der Waals surface area contributed by atoms with Crippen LogP contribution in [0.5, 0.6) is 5.75 Å². The van der Waals surface area contributed by atoms with E-state index in [1.54, 1.807) is 0 Å². The lowest BCUT2D eigenvalue weighted by atomic mass is 9.86. The molecule has 4 atom stereocenters. The van der Waals surface area contributed by atoms with Crippen LogP contribution < -0.4 is 20.7 Å². The molecule has 3 heterocycles. The molecule has 0 saturated carbocycles. The van der Waals surface area contributed by atoms with Gasteiger partial charge in [-0.2, -0.15) is 0 Å². The molecule has 1 fully saturated rings. The highest BCUT2D eigenvalue weighted by Gasteiger charge is 2.39. The Hall–Kier alpha value is -5.46. The minimum Gasteiger partial charge on any atom is -0.485 e. The summed E-state index contributed by atoms with van der Waals surface area (Å²) >= 11 is 0. The van der Waals surface area contributed by atoms with Crippen LogP contribution in [0, 0.1) is 0 Å². The second-order valence-corrected chi connectivity index (χ2v) is 13.7. The van der Waals surface area contributed by atoms with Gasteiger partial charge in [0.2, 0.25) is 0 Å². The van der Waals surface area contributed by atoms with E-state index in [1.165, 1.54) is 55.5 Å². The minimum atomic E-state index is -0.0908. The largest absolute Gasteiger partial charge is 0.485 e. The highest BCUT2D eigenvalue weighted by atomic mass is 16.5. The molecular formula is C45H38N4O. The summed E-state index contributed by atoms with van der Waals surface area (Å²) < 4.78 is 9.24. The van der Waals surface area contributed by atoms with E-state index in [4.69, 9.17) is 4.74 Å². The lowest BCUT2D eigenvalue weighted by Gasteiger charge is -2.40. The van der Waals surface area contributed by atoms with Crippen molar-refractivity contribution in [2.24, 2.45) is 0 Å². The maximum atomic E-state index is 6.80. The number of allylic oxidation sites excluding steroid dienone is 3. The molecule has 0 bridgehead atoms. The molecule has 5 aromatic carbocycles. The molecule has 244 valence electrons.